The SMILES string of the molecule is CCOC(=O)CC(=O)Cl.CCOC(=O)CC(=O)Cl. The van der Waals surface area contributed by atoms with Crippen molar-refractivity contribution in [2.75, 3.05) is 13.2 Å². The first kappa shape index (κ1) is 19.2. The second-order valence-electron chi connectivity index (χ2n) is 2.67. The fourth-order valence-electron chi connectivity index (χ4n) is 0.651. The van der Waals surface area contributed by atoms with Gasteiger partial charge in [-0.3, -0.25) is 19.2 Å². The Kier molecular flexibility index (Phi) is 13.1. The number of carbonyl (C=O) groups is 4. The predicted octanol–water partition coefficient (Wildman–Crippen LogP) is 1.41. The summed E-state index contributed by atoms with van der Waals surface area (Å²) in [5, 5.41) is -1.37. The molecule has 18 heavy (non-hydrogen) atoms. The van der Waals surface area contributed by atoms with Crippen LogP contribution in [-0.4, -0.2) is 35.6 Å². The van der Waals surface area contributed by atoms with E-state index in [9.17, 15) is 19.2 Å². The average Bonchev–Trinajstić information content (AvgIpc) is 2.16. The molecule has 0 bridgehead atoms. The molecule has 8 heteroatoms. The van der Waals surface area contributed by atoms with Crippen molar-refractivity contribution in [2.24, 2.45) is 0 Å². The minimum atomic E-state index is -0.687. The molecule has 0 rings (SSSR count). The molecule has 0 unspecified atom stereocenters. The van der Waals surface area contributed by atoms with Crippen molar-refractivity contribution in [2.45, 2.75) is 26.7 Å². The van der Waals surface area contributed by atoms with Gasteiger partial charge in [-0.15, -0.1) is 0 Å². The van der Waals surface area contributed by atoms with Crippen molar-refractivity contribution < 1.29 is 28.7 Å². The summed E-state index contributed by atoms with van der Waals surface area (Å²) in [5.74, 6) is -1.14. The molecule has 6 nitrogen and oxygen atoms in total. The van der Waals surface area contributed by atoms with Gasteiger partial charge in [0.15, 0.2) is 0 Å². The number of esters is 2. The molecular formula is C10H14Cl2O6. The Morgan fingerprint density at radius 1 is 0.778 bits per heavy atom. The van der Waals surface area contributed by atoms with E-state index in [0.717, 1.165) is 0 Å². The van der Waals surface area contributed by atoms with E-state index in [1.807, 2.05) is 0 Å². The highest BCUT2D eigenvalue weighted by Gasteiger charge is 2.06. The van der Waals surface area contributed by atoms with Crippen molar-refractivity contribution in [1.82, 2.24) is 0 Å². The summed E-state index contributed by atoms with van der Waals surface area (Å²) in [6.45, 7) is 3.89. The Morgan fingerprint density at radius 2 is 1.06 bits per heavy atom. The molecule has 0 radical (unpaired) electrons. The van der Waals surface area contributed by atoms with Crippen molar-refractivity contribution in [3.63, 3.8) is 0 Å². The Morgan fingerprint density at radius 3 is 1.22 bits per heavy atom. The fraction of sp³-hybridized carbons (Fsp3) is 0.600. The van der Waals surface area contributed by atoms with Gasteiger partial charge >= 0.3 is 11.9 Å². The van der Waals surface area contributed by atoms with E-state index in [-0.39, 0.29) is 26.1 Å². The Balaban J connectivity index is 0. The highest BCUT2D eigenvalue weighted by Crippen LogP contribution is 1.91. The van der Waals surface area contributed by atoms with E-state index in [0.29, 0.717) is 0 Å². The zero-order valence-electron chi connectivity index (χ0n) is 10.0. The van der Waals surface area contributed by atoms with E-state index in [1.165, 1.54) is 0 Å². The van der Waals surface area contributed by atoms with Gasteiger partial charge in [0.1, 0.15) is 12.8 Å². The lowest BCUT2D eigenvalue weighted by Crippen LogP contribution is -2.06. The number of halogens is 2. The third-order valence-electron chi connectivity index (χ3n) is 1.18. The van der Waals surface area contributed by atoms with Crippen LogP contribution in [0, 0.1) is 0 Å². The molecule has 0 amide bonds. The molecule has 0 aromatic rings. The summed E-state index contributed by atoms with van der Waals surface area (Å²) in [4.78, 5) is 40.6. The first-order chi connectivity index (χ1) is 8.33. The van der Waals surface area contributed by atoms with Crippen LogP contribution in [0.25, 0.3) is 0 Å². The quantitative estimate of drug-likeness (QED) is 0.419. The molecule has 0 heterocycles. The summed E-state index contributed by atoms with van der Waals surface area (Å²) >= 11 is 9.74. The molecule has 0 aliphatic rings. The van der Waals surface area contributed by atoms with Crippen LogP contribution < -0.4 is 0 Å². The second-order valence-corrected chi connectivity index (χ2v) is 3.52. The summed E-state index contributed by atoms with van der Waals surface area (Å²) in [6.07, 6.45) is -0.676. The normalized spacial score (nSPS) is 8.67. The molecule has 0 aromatic carbocycles. The van der Waals surface area contributed by atoms with Crippen LogP contribution in [0.1, 0.15) is 26.7 Å². The van der Waals surface area contributed by atoms with E-state index in [4.69, 9.17) is 23.2 Å². The van der Waals surface area contributed by atoms with Gasteiger partial charge in [-0.1, -0.05) is 0 Å². The van der Waals surface area contributed by atoms with Gasteiger partial charge in [0.25, 0.3) is 0 Å². The largest absolute Gasteiger partial charge is 0.466 e. The molecule has 0 atom stereocenters. The van der Waals surface area contributed by atoms with Gasteiger partial charge in [-0.05, 0) is 37.0 Å². The van der Waals surface area contributed by atoms with Gasteiger partial charge in [-0.25, -0.2) is 0 Å². The summed E-state index contributed by atoms with van der Waals surface area (Å²) in [7, 11) is 0. The van der Waals surface area contributed by atoms with Crippen LogP contribution >= 0.6 is 23.2 Å². The number of hydrogen-bond acceptors (Lipinski definition) is 6. The molecule has 0 saturated carbocycles. The lowest BCUT2D eigenvalue weighted by molar-refractivity contribution is -0.145. The van der Waals surface area contributed by atoms with Crippen molar-refractivity contribution in [3.8, 4) is 0 Å². The third kappa shape index (κ3) is 17.3. The molecule has 0 saturated heterocycles. The standard InChI is InChI=1S/2C5H7ClO3/c2*1-2-9-5(8)3-4(6)7/h2*2-3H2,1H3. The van der Waals surface area contributed by atoms with Gasteiger partial charge in [0.2, 0.25) is 10.5 Å². The minimum absolute atomic E-state index is 0.281. The topological polar surface area (TPSA) is 86.7 Å². The maximum Gasteiger partial charge on any atom is 0.314 e. The summed E-state index contributed by atoms with van der Waals surface area (Å²) < 4.78 is 8.82. The van der Waals surface area contributed by atoms with E-state index in [2.05, 4.69) is 9.47 Å². The van der Waals surface area contributed by atoms with Crippen LogP contribution in [0.5, 0.6) is 0 Å². The molecule has 0 aliphatic heterocycles. The van der Waals surface area contributed by atoms with E-state index >= 15 is 0 Å². The first-order valence-electron chi connectivity index (χ1n) is 5.01. The minimum Gasteiger partial charge on any atom is -0.466 e. The van der Waals surface area contributed by atoms with Crippen LogP contribution in [0.2, 0.25) is 0 Å². The lowest BCUT2D eigenvalue weighted by Gasteiger charge is -1.95. The van der Waals surface area contributed by atoms with Gasteiger partial charge in [-0.2, -0.15) is 0 Å². The van der Waals surface area contributed by atoms with Gasteiger partial charge in [0, 0.05) is 0 Å². The zero-order valence-corrected chi connectivity index (χ0v) is 11.5. The number of carbonyl (C=O) groups excluding carboxylic acids is 4. The highest BCUT2D eigenvalue weighted by molar-refractivity contribution is 6.65. The highest BCUT2D eigenvalue weighted by atomic mass is 35.5. The molecule has 0 aliphatic carbocycles. The van der Waals surface area contributed by atoms with Gasteiger partial charge in [0.05, 0.1) is 13.2 Å². The molecule has 0 aromatic heterocycles. The molecule has 0 fully saturated rings. The van der Waals surface area contributed by atoms with Crippen LogP contribution in [-0.2, 0) is 28.7 Å². The first-order valence-corrected chi connectivity index (χ1v) is 5.76. The number of rotatable bonds is 6. The lowest BCUT2D eigenvalue weighted by atomic mass is 10.5. The van der Waals surface area contributed by atoms with Gasteiger partial charge < -0.3 is 9.47 Å². The third-order valence-corrected chi connectivity index (χ3v) is 1.44. The molecule has 104 valence electrons. The maximum atomic E-state index is 10.3. The molecule has 0 spiro atoms. The van der Waals surface area contributed by atoms with Crippen LogP contribution in [0.15, 0.2) is 0 Å². The Labute approximate surface area is 115 Å². The van der Waals surface area contributed by atoms with Crippen molar-refractivity contribution in [1.29, 1.82) is 0 Å². The predicted molar refractivity (Wildman–Crippen MR) is 64.2 cm³/mol. The number of ether oxygens (including phenoxy) is 2. The second kappa shape index (κ2) is 12.3. The van der Waals surface area contributed by atoms with E-state index < -0.39 is 22.4 Å². The molecule has 0 N–H and O–H groups in total. The fourth-order valence-corrected chi connectivity index (χ4v) is 0.869. The number of hydrogen-bond donors (Lipinski definition) is 0. The van der Waals surface area contributed by atoms with Crippen molar-refractivity contribution in [3.05, 3.63) is 0 Å². The monoisotopic (exact) mass is 300 g/mol. The van der Waals surface area contributed by atoms with E-state index in [1.54, 1.807) is 13.8 Å². The maximum absolute atomic E-state index is 10.3. The summed E-state index contributed by atoms with van der Waals surface area (Å²) in [5.41, 5.74) is 0. The smallest absolute Gasteiger partial charge is 0.314 e. The Bertz CT molecular complexity index is 273. The Hall–Kier alpha value is -1.14. The zero-order chi connectivity index (χ0) is 14.6. The van der Waals surface area contributed by atoms with Crippen LogP contribution in [0.4, 0.5) is 0 Å². The van der Waals surface area contributed by atoms with Crippen LogP contribution in [0.3, 0.4) is 0 Å². The molecular weight excluding hydrogens is 287 g/mol. The average molecular weight is 301 g/mol. The summed E-state index contributed by atoms with van der Waals surface area (Å²) in [6, 6.07) is 0. The van der Waals surface area contributed by atoms with Crippen molar-refractivity contribution >= 4 is 45.6 Å².